The van der Waals surface area contributed by atoms with Gasteiger partial charge in [0.25, 0.3) is 0 Å². The molecule has 0 atom stereocenters. The first-order valence-electron chi connectivity index (χ1n) is 7.25. The molecule has 1 heterocycles. The van der Waals surface area contributed by atoms with E-state index in [1.807, 2.05) is 27.9 Å². The van der Waals surface area contributed by atoms with Crippen LogP contribution in [0.4, 0.5) is 0 Å². The third-order valence-corrected chi connectivity index (χ3v) is 2.69. The van der Waals surface area contributed by atoms with Crippen molar-refractivity contribution in [3.05, 3.63) is 18.7 Å². The zero-order chi connectivity index (χ0) is 14.5. The fourth-order valence-electron chi connectivity index (χ4n) is 1.67. The van der Waals surface area contributed by atoms with Gasteiger partial charge in [-0.3, -0.25) is 0 Å². The Bertz CT molecular complexity index is 331. The predicted octanol–water partition coefficient (Wildman–Crippen LogP) is 0.228. The highest BCUT2D eigenvalue weighted by atomic mass is 16.5. The van der Waals surface area contributed by atoms with Crippen LogP contribution in [0, 0.1) is 0 Å². The molecule has 0 aliphatic carbocycles. The molecule has 0 spiro atoms. The Balaban J connectivity index is 1.89. The molecule has 0 aliphatic heterocycles. The SMILES string of the molecule is CCCOCCOCCOCC[n+]1ccn(CCO)c1. The van der Waals surface area contributed by atoms with E-state index in [1.165, 1.54) is 0 Å². The Morgan fingerprint density at radius 2 is 1.65 bits per heavy atom. The molecular formula is C14H27N2O4+. The lowest BCUT2D eigenvalue weighted by molar-refractivity contribution is -0.698. The second-order valence-corrected chi connectivity index (χ2v) is 4.45. The average molecular weight is 287 g/mol. The van der Waals surface area contributed by atoms with E-state index in [0.29, 0.717) is 39.6 Å². The summed E-state index contributed by atoms with van der Waals surface area (Å²) >= 11 is 0. The summed E-state index contributed by atoms with van der Waals surface area (Å²) in [6.45, 7) is 7.62. The molecule has 0 saturated carbocycles. The van der Waals surface area contributed by atoms with E-state index >= 15 is 0 Å². The molecule has 0 fully saturated rings. The zero-order valence-corrected chi connectivity index (χ0v) is 12.4. The standard InChI is InChI=1S/C14H27N2O4/c1-2-8-18-10-12-20-13-11-19-9-6-16-4-3-15(14-16)5-7-17/h3-4,14,17H,2,5-13H2,1H3/q+1. The van der Waals surface area contributed by atoms with Gasteiger partial charge in [-0.2, -0.15) is 0 Å². The second kappa shape index (κ2) is 11.8. The van der Waals surface area contributed by atoms with E-state index in [2.05, 4.69) is 6.92 Å². The Hall–Kier alpha value is -0.950. The minimum Gasteiger partial charge on any atom is -0.392 e. The fourth-order valence-corrected chi connectivity index (χ4v) is 1.67. The van der Waals surface area contributed by atoms with Crippen molar-refractivity contribution >= 4 is 0 Å². The smallest absolute Gasteiger partial charge is 0.243 e. The van der Waals surface area contributed by atoms with E-state index in [-0.39, 0.29) is 6.61 Å². The number of rotatable bonds is 13. The normalized spacial score (nSPS) is 11.1. The molecule has 0 amide bonds. The van der Waals surface area contributed by atoms with Crippen molar-refractivity contribution in [2.24, 2.45) is 0 Å². The maximum Gasteiger partial charge on any atom is 0.243 e. The van der Waals surface area contributed by atoms with Crippen LogP contribution in [0.15, 0.2) is 18.7 Å². The molecule has 0 bridgehead atoms. The summed E-state index contributed by atoms with van der Waals surface area (Å²) in [5.41, 5.74) is 0. The minimum absolute atomic E-state index is 0.157. The molecule has 1 N–H and O–H groups in total. The highest BCUT2D eigenvalue weighted by molar-refractivity contribution is 4.65. The topological polar surface area (TPSA) is 56.7 Å². The Labute approximate surface area is 120 Å². The van der Waals surface area contributed by atoms with Crippen molar-refractivity contribution < 1.29 is 23.9 Å². The van der Waals surface area contributed by atoms with E-state index in [1.54, 1.807) is 0 Å². The largest absolute Gasteiger partial charge is 0.392 e. The molecule has 0 aliphatic rings. The molecule has 0 saturated heterocycles. The van der Waals surface area contributed by atoms with Crippen LogP contribution in [-0.2, 0) is 27.3 Å². The molecule has 1 rings (SSSR count). The number of aromatic nitrogens is 2. The van der Waals surface area contributed by atoms with Crippen LogP contribution < -0.4 is 4.57 Å². The lowest BCUT2D eigenvalue weighted by Gasteiger charge is -2.05. The van der Waals surface area contributed by atoms with Crippen molar-refractivity contribution in [3.63, 3.8) is 0 Å². The molecule has 0 radical (unpaired) electrons. The first kappa shape index (κ1) is 17.1. The summed E-state index contributed by atoms with van der Waals surface area (Å²) in [6.07, 6.45) is 6.91. The van der Waals surface area contributed by atoms with Gasteiger partial charge < -0.3 is 19.3 Å². The molecule has 20 heavy (non-hydrogen) atoms. The van der Waals surface area contributed by atoms with Crippen LogP contribution in [0.5, 0.6) is 0 Å². The van der Waals surface area contributed by atoms with Crippen LogP contribution in [-0.4, -0.2) is 55.9 Å². The zero-order valence-electron chi connectivity index (χ0n) is 12.4. The van der Waals surface area contributed by atoms with Crippen LogP contribution in [0.25, 0.3) is 0 Å². The van der Waals surface area contributed by atoms with Gasteiger partial charge in [0, 0.05) is 6.61 Å². The van der Waals surface area contributed by atoms with Crippen LogP contribution in [0.3, 0.4) is 0 Å². The van der Waals surface area contributed by atoms with Gasteiger partial charge in [0.05, 0.1) is 39.6 Å². The van der Waals surface area contributed by atoms with Crippen molar-refractivity contribution in [2.45, 2.75) is 26.4 Å². The first-order valence-corrected chi connectivity index (χ1v) is 7.25. The third-order valence-electron chi connectivity index (χ3n) is 2.69. The molecule has 1 aromatic rings. The summed E-state index contributed by atoms with van der Waals surface area (Å²) < 4.78 is 20.2. The first-order chi connectivity index (χ1) is 9.86. The monoisotopic (exact) mass is 287 g/mol. The molecule has 0 aromatic carbocycles. The van der Waals surface area contributed by atoms with Gasteiger partial charge in [0.2, 0.25) is 6.33 Å². The maximum atomic E-state index is 8.82. The average Bonchev–Trinajstić information content (AvgIpc) is 2.89. The maximum absolute atomic E-state index is 8.82. The van der Waals surface area contributed by atoms with E-state index in [9.17, 15) is 0 Å². The number of aliphatic hydroxyl groups excluding tert-OH is 1. The lowest BCUT2D eigenvalue weighted by Crippen LogP contribution is -2.34. The summed E-state index contributed by atoms with van der Waals surface area (Å²) in [6, 6.07) is 0. The van der Waals surface area contributed by atoms with Gasteiger partial charge in [-0.15, -0.1) is 0 Å². The lowest BCUT2D eigenvalue weighted by atomic mass is 10.5. The number of ether oxygens (including phenoxy) is 3. The molecule has 1 aromatic heterocycles. The highest BCUT2D eigenvalue weighted by Crippen LogP contribution is 1.85. The summed E-state index contributed by atoms with van der Waals surface area (Å²) in [7, 11) is 0. The van der Waals surface area contributed by atoms with Gasteiger partial charge in [-0.05, 0) is 6.42 Å². The second-order valence-electron chi connectivity index (χ2n) is 4.45. The predicted molar refractivity (Wildman–Crippen MR) is 74.5 cm³/mol. The summed E-state index contributed by atoms with van der Waals surface area (Å²) in [5, 5.41) is 8.82. The van der Waals surface area contributed by atoms with Crippen molar-refractivity contribution in [3.8, 4) is 0 Å². The van der Waals surface area contributed by atoms with Crippen molar-refractivity contribution in [1.29, 1.82) is 0 Å². The third kappa shape index (κ3) is 8.27. The fraction of sp³-hybridized carbons (Fsp3) is 0.786. The molecule has 6 nitrogen and oxygen atoms in total. The summed E-state index contributed by atoms with van der Waals surface area (Å²) in [5.74, 6) is 0. The Kier molecular flexibility index (Phi) is 10.1. The number of imidazole rings is 1. The molecule has 6 heteroatoms. The van der Waals surface area contributed by atoms with E-state index < -0.39 is 0 Å². The molecular weight excluding hydrogens is 260 g/mol. The Morgan fingerprint density at radius 1 is 1.00 bits per heavy atom. The summed E-state index contributed by atoms with van der Waals surface area (Å²) in [4.78, 5) is 0. The van der Waals surface area contributed by atoms with Gasteiger partial charge in [0.1, 0.15) is 25.5 Å². The van der Waals surface area contributed by atoms with Gasteiger partial charge in [-0.1, -0.05) is 6.92 Å². The number of hydrogen-bond acceptors (Lipinski definition) is 4. The van der Waals surface area contributed by atoms with E-state index in [0.717, 1.165) is 19.6 Å². The van der Waals surface area contributed by atoms with Gasteiger partial charge >= 0.3 is 0 Å². The molecule has 116 valence electrons. The van der Waals surface area contributed by atoms with Crippen LogP contribution in [0.2, 0.25) is 0 Å². The van der Waals surface area contributed by atoms with Crippen molar-refractivity contribution in [1.82, 2.24) is 4.57 Å². The van der Waals surface area contributed by atoms with Gasteiger partial charge in [-0.25, -0.2) is 9.13 Å². The van der Waals surface area contributed by atoms with Gasteiger partial charge in [0.15, 0.2) is 0 Å². The number of hydrogen-bond donors (Lipinski definition) is 1. The number of aliphatic hydroxyl groups is 1. The number of nitrogens with zero attached hydrogens (tertiary/aromatic N) is 2. The van der Waals surface area contributed by atoms with Crippen molar-refractivity contribution in [2.75, 3.05) is 46.2 Å². The van der Waals surface area contributed by atoms with Crippen LogP contribution in [0.1, 0.15) is 13.3 Å². The highest BCUT2D eigenvalue weighted by Gasteiger charge is 2.02. The molecule has 0 unspecified atom stereocenters. The quantitative estimate of drug-likeness (QED) is 0.417. The van der Waals surface area contributed by atoms with E-state index in [4.69, 9.17) is 19.3 Å². The van der Waals surface area contributed by atoms with Crippen LogP contribution >= 0.6 is 0 Å². The Morgan fingerprint density at radius 3 is 2.30 bits per heavy atom. The minimum atomic E-state index is 0.157.